The summed E-state index contributed by atoms with van der Waals surface area (Å²) in [7, 11) is 0. The Morgan fingerprint density at radius 3 is 2.70 bits per heavy atom. The molecule has 4 heteroatoms. The van der Waals surface area contributed by atoms with Crippen molar-refractivity contribution in [3.8, 4) is 0 Å². The molecule has 0 saturated heterocycles. The van der Waals surface area contributed by atoms with Crippen molar-refractivity contribution in [2.24, 2.45) is 11.8 Å². The fraction of sp³-hybridized carbons (Fsp3) is 0.562. The number of hydrogen-bond donors (Lipinski definition) is 1. The van der Waals surface area contributed by atoms with E-state index in [0.717, 1.165) is 17.4 Å². The summed E-state index contributed by atoms with van der Waals surface area (Å²) in [5.74, 6) is 1.75. The van der Waals surface area contributed by atoms with Crippen LogP contribution in [0, 0.1) is 11.8 Å². The Morgan fingerprint density at radius 2 is 2.05 bits per heavy atom. The van der Waals surface area contributed by atoms with Gasteiger partial charge in [-0.15, -0.1) is 0 Å². The molecule has 2 bridgehead atoms. The van der Waals surface area contributed by atoms with Crippen molar-refractivity contribution in [3.05, 3.63) is 33.8 Å². The molecule has 1 N–H and O–H groups in total. The average Bonchev–Trinajstić information content (AvgIpc) is 3.02. The molecule has 0 unspecified atom stereocenters. The lowest BCUT2D eigenvalue weighted by Crippen LogP contribution is -2.38. The SMILES string of the molecule is O=C(CCc1ccc(Cl)c(Cl)c1)N[C@H]1C[C@H]2CC[C@@H]1C2. The minimum atomic E-state index is 0.161. The second-order valence-electron chi connectivity index (χ2n) is 6.10. The minimum absolute atomic E-state index is 0.161. The molecule has 1 amide bonds. The molecule has 0 heterocycles. The van der Waals surface area contributed by atoms with Gasteiger partial charge in [0.2, 0.25) is 5.91 Å². The Bertz CT molecular complexity index is 517. The van der Waals surface area contributed by atoms with Crippen LogP contribution in [0.2, 0.25) is 10.0 Å². The van der Waals surface area contributed by atoms with Gasteiger partial charge < -0.3 is 5.32 Å². The van der Waals surface area contributed by atoms with E-state index in [-0.39, 0.29) is 5.91 Å². The molecule has 0 aromatic heterocycles. The first kappa shape index (κ1) is 14.2. The first-order valence-corrected chi connectivity index (χ1v) is 8.10. The van der Waals surface area contributed by atoms with Gasteiger partial charge in [-0.2, -0.15) is 0 Å². The zero-order valence-electron chi connectivity index (χ0n) is 11.4. The number of halogens is 2. The summed E-state index contributed by atoms with van der Waals surface area (Å²) in [6.07, 6.45) is 6.39. The summed E-state index contributed by atoms with van der Waals surface area (Å²) in [5.41, 5.74) is 1.06. The molecule has 2 fully saturated rings. The maximum atomic E-state index is 12.0. The molecule has 108 valence electrons. The smallest absolute Gasteiger partial charge is 0.220 e. The summed E-state index contributed by atoms with van der Waals surface area (Å²) in [6, 6.07) is 5.98. The van der Waals surface area contributed by atoms with Crippen molar-refractivity contribution in [3.63, 3.8) is 0 Å². The van der Waals surface area contributed by atoms with Gasteiger partial charge in [-0.1, -0.05) is 35.7 Å². The third kappa shape index (κ3) is 3.12. The minimum Gasteiger partial charge on any atom is -0.353 e. The predicted octanol–water partition coefficient (Wildman–Crippen LogP) is 4.23. The Hall–Kier alpha value is -0.730. The molecule has 0 spiro atoms. The van der Waals surface area contributed by atoms with Gasteiger partial charge in [0.15, 0.2) is 0 Å². The number of rotatable bonds is 4. The molecule has 1 aromatic rings. The van der Waals surface area contributed by atoms with Gasteiger partial charge in [-0.25, -0.2) is 0 Å². The number of carbonyl (C=O) groups is 1. The molecule has 3 rings (SSSR count). The number of amides is 1. The summed E-state index contributed by atoms with van der Waals surface area (Å²) in [4.78, 5) is 12.0. The average molecular weight is 312 g/mol. The fourth-order valence-corrected chi connectivity index (χ4v) is 3.97. The molecule has 0 radical (unpaired) electrons. The van der Waals surface area contributed by atoms with Gasteiger partial charge in [-0.05, 0) is 55.2 Å². The van der Waals surface area contributed by atoms with E-state index in [9.17, 15) is 4.79 Å². The molecule has 20 heavy (non-hydrogen) atoms. The Labute approximate surface area is 129 Å². The zero-order valence-corrected chi connectivity index (χ0v) is 12.9. The van der Waals surface area contributed by atoms with Crippen LogP contribution < -0.4 is 5.32 Å². The van der Waals surface area contributed by atoms with Crippen LogP contribution in [0.4, 0.5) is 0 Å². The van der Waals surface area contributed by atoms with Gasteiger partial charge >= 0.3 is 0 Å². The number of hydrogen-bond acceptors (Lipinski definition) is 1. The van der Waals surface area contributed by atoms with E-state index >= 15 is 0 Å². The molecular formula is C16H19Cl2NO. The van der Waals surface area contributed by atoms with Crippen LogP contribution in [0.15, 0.2) is 18.2 Å². The lowest BCUT2D eigenvalue weighted by molar-refractivity contribution is -0.122. The number of aryl methyl sites for hydroxylation is 1. The monoisotopic (exact) mass is 311 g/mol. The van der Waals surface area contributed by atoms with Crippen LogP contribution in [-0.4, -0.2) is 11.9 Å². The summed E-state index contributed by atoms with van der Waals surface area (Å²) >= 11 is 11.9. The Kier molecular flexibility index (Phi) is 4.23. The number of nitrogens with one attached hydrogen (secondary N) is 1. The highest BCUT2D eigenvalue weighted by Gasteiger charge is 2.39. The van der Waals surface area contributed by atoms with Crippen molar-refractivity contribution in [1.82, 2.24) is 5.32 Å². The standard InChI is InChI=1S/C16H19Cl2NO/c17-13-5-2-10(8-14(13)18)3-6-16(20)19-15-9-11-1-4-12(15)7-11/h2,5,8,11-12,15H,1,3-4,6-7,9H2,(H,19,20)/t11-,12+,15-/m0/s1. The van der Waals surface area contributed by atoms with Crippen molar-refractivity contribution in [2.75, 3.05) is 0 Å². The first-order valence-electron chi connectivity index (χ1n) is 7.35. The Morgan fingerprint density at radius 1 is 1.20 bits per heavy atom. The third-order valence-electron chi connectivity index (χ3n) is 4.71. The maximum Gasteiger partial charge on any atom is 0.220 e. The van der Waals surface area contributed by atoms with Crippen LogP contribution in [0.1, 0.15) is 37.7 Å². The van der Waals surface area contributed by atoms with Gasteiger partial charge in [0, 0.05) is 12.5 Å². The first-order chi connectivity index (χ1) is 9.61. The van der Waals surface area contributed by atoms with Gasteiger partial charge in [-0.3, -0.25) is 4.79 Å². The normalized spacial score (nSPS) is 27.8. The topological polar surface area (TPSA) is 29.1 Å². The number of fused-ring (bicyclic) bond motifs is 2. The molecule has 2 aliphatic carbocycles. The highest BCUT2D eigenvalue weighted by molar-refractivity contribution is 6.42. The van der Waals surface area contributed by atoms with E-state index in [1.807, 2.05) is 12.1 Å². The largest absolute Gasteiger partial charge is 0.353 e. The zero-order chi connectivity index (χ0) is 14.1. The van der Waals surface area contributed by atoms with E-state index < -0.39 is 0 Å². The molecule has 2 nitrogen and oxygen atoms in total. The van der Waals surface area contributed by atoms with Gasteiger partial charge in [0.25, 0.3) is 0 Å². The highest BCUT2D eigenvalue weighted by Crippen LogP contribution is 2.44. The van der Waals surface area contributed by atoms with E-state index in [1.165, 1.54) is 25.7 Å². The second-order valence-corrected chi connectivity index (χ2v) is 6.91. The fourth-order valence-electron chi connectivity index (χ4n) is 3.65. The van der Waals surface area contributed by atoms with Crippen LogP contribution in [0.5, 0.6) is 0 Å². The maximum absolute atomic E-state index is 12.0. The van der Waals surface area contributed by atoms with Crippen LogP contribution in [-0.2, 0) is 11.2 Å². The molecule has 2 saturated carbocycles. The summed E-state index contributed by atoms with van der Waals surface area (Å²) < 4.78 is 0. The van der Waals surface area contributed by atoms with Crippen molar-refractivity contribution >= 4 is 29.1 Å². The second kappa shape index (κ2) is 5.95. The van der Waals surface area contributed by atoms with E-state index in [1.54, 1.807) is 6.07 Å². The third-order valence-corrected chi connectivity index (χ3v) is 5.45. The van der Waals surface area contributed by atoms with Crippen molar-refractivity contribution < 1.29 is 4.79 Å². The molecular weight excluding hydrogens is 293 g/mol. The van der Waals surface area contributed by atoms with E-state index in [0.29, 0.717) is 28.9 Å². The number of benzene rings is 1. The van der Waals surface area contributed by atoms with Gasteiger partial charge in [0.1, 0.15) is 0 Å². The van der Waals surface area contributed by atoms with Crippen LogP contribution >= 0.6 is 23.2 Å². The molecule has 1 aromatic carbocycles. The van der Waals surface area contributed by atoms with E-state index in [4.69, 9.17) is 23.2 Å². The predicted molar refractivity (Wildman–Crippen MR) is 82.2 cm³/mol. The Balaban J connectivity index is 1.48. The van der Waals surface area contributed by atoms with Crippen molar-refractivity contribution in [2.45, 2.75) is 44.6 Å². The summed E-state index contributed by atoms with van der Waals surface area (Å²) in [5, 5.41) is 4.32. The quantitative estimate of drug-likeness (QED) is 0.885. The molecule has 3 atom stereocenters. The molecule has 2 aliphatic rings. The van der Waals surface area contributed by atoms with Gasteiger partial charge in [0.05, 0.1) is 10.0 Å². The van der Waals surface area contributed by atoms with E-state index in [2.05, 4.69) is 5.32 Å². The van der Waals surface area contributed by atoms with Crippen LogP contribution in [0.3, 0.4) is 0 Å². The van der Waals surface area contributed by atoms with Crippen molar-refractivity contribution in [1.29, 1.82) is 0 Å². The lowest BCUT2D eigenvalue weighted by Gasteiger charge is -2.22. The number of carbonyl (C=O) groups excluding carboxylic acids is 1. The summed E-state index contributed by atoms with van der Waals surface area (Å²) in [6.45, 7) is 0. The van der Waals surface area contributed by atoms with Crippen LogP contribution in [0.25, 0.3) is 0 Å². The molecule has 0 aliphatic heterocycles. The highest BCUT2D eigenvalue weighted by atomic mass is 35.5. The lowest BCUT2D eigenvalue weighted by atomic mass is 9.95.